The summed E-state index contributed by atoms with van der Waals surface area (Å²) in [5.41, 5.74) is 4.71. The lowest BCUT2D eigenvalue weighted by Gasteiger charge is -2.07. The molecule has 0 spiro atoms. The van der Waals surface area contributed by atoms with Crippen LogP contribution >= 0.6 is 0 Å². The number of aromatic nitrogens is 6. The Kier molecular flexibility index (Phi) is 4.51. The van der Waals surface area contributed by atoms with Crippen LogP contribution in [0.1, 0.15) is 21.6 Å². The van der Waals surface area contributed by atoms with Gasteiger partial charge in [0.15, 0.2) is 11.5 Å². The lowest BCUT2D eigenvalue weighted by atomic mass is 10.2. The number of amides is 1. The molecule has 0 bridgehead atoms. The van der Waals surface area contributed by atoms with Gasteiger partial charge < -0.3 is 5.32 Å². The molecule has 4 heterocycles. The Labute approximate surface area is 178 Å². The molecule has 0 saturated carbocycles. The van der Waals surface area contributed by atoms with Crippen molar-refractivity contribution in [3.63, 3.8) is 0 Å². The van der Waals surface area contributed by atoms with Gasteiger partial charge in [-0.2, -0.15) is 5.10 Å². The van der Waals surface area contributed by atoms with Crippen LogP contribution in [0.3, 0.4) is 0 Å². The molecule has 0 atom stereocenters. The second kappa shape index (κ2) is 7.49. The van der Waals surface area contributed by atoms with E-state index in [9.17, 15) is 4.79 Å². The Morgan fingerprint density at radius 3 is 2.52 bits per heavy atom. The molecule has 31 heavy (non-hydrogen) atoms. The molecular formula is C23H19N7O. The van der Waals surface area contributed by atoms with E-state index in [0.717, 1.165) is 16.9 Å². The third-order valence-electron chi connectivity index (χ3n) is 4.97. The van der Waals surface area contributed by atoms with Crippen molar-refractivity contribution in [2.75, 3.05) is 5.32 Å². The first kappa shape index (κ1) is 18.7. The number of imidazole rings is 1. The van der Waals surface area contributed by atoms with Gasteiger partial charge in [0.2, 0.25) is 0 Å². The van der Waals surface area contributed by atoms with Crippen LogP contribution in [0.2, 0.25) is 0 Å². The molecule has 152 valence electrons. The van der Waals surface area contributed by atoms with Crippen LogP contribution < -0.4 is 5.32 Å². The molecule has 0 fully saturated rings. The topological polar surface area (TPSA) is 90.0 Å². The Bertz CT molecular complexity index is 1380. The normalized spacial score (nSPS) is 11.0. The fourth-order valence-electron chi connectivity index (χ4n) is 3.37. The fourth-order valence-corrected chi connectivity index (χ4v) is 3.37. The zero-order valence-electron chi connectivity index (χ0n) is 17.0. The van der Waals surface area contributed by atoms with Gasteiger partial charge in [-0.1, -0.05) is 23.8 Å². The van der Waals surface area contributed by atoms with Gasteiger partial charge >= 0.3 is 0 Å². The minimum Gasteiger partial charge on any atom is -0.305 e. The highest BCUT2D eigenvalue weighted by Crippen LogP contribution is 2.25. The summed E-state index contributed by atoms with van der Waals surface area (Å²) in [7, 11) is 0. The van der Waals surface area contributed by atoms with Gasteiger partial charge in [0.05, 0.1) is 23.6 Å². The van der Waals surface area contributed by atoms with E-state index in [-0.39, 0.29) is 11.6 Å². The van der Waals surface area contributed by atoms with Crippen LogP contribution in [0, 0.1) is 13.8 Å². The Balaban J connectivity index is 1.59. The van der Waals surface area contributed by atoms with Crippen molar-refractivity contribution in [2.24, 2.45) is 0 Å². The summed E-state index contributed by atoms with van der Waals surface area (Å²) < 4.78 is 3.64. The highest BCUT2D eigenvalue weighted by molar-refractivity contribution is 6.07. The summed E-state index contributed by atoms with van der Waals surface area (Å²) >= 11 is 0. The van der Waals surface area contributed by atoms with E-state index in [0.29, 0.717) is 17.2 Å². The summed E-state index contributed by atoms with van der Waals surface area (Å²) in [6.45, 7) is 3.98. The highest BCUT2D eigenvalue weighted by atomic mass is 16.2. The quantitative estimate of drug-likeness (QED) is 0.487. The first-order valence-electron chi connectivity index (χ1n) is 9.78. The molecule has 1 amide bonds. The van der Waals surface area contributed by atoms with Gasteiger partial charge in [-0.05, 0) is 43.7 Å². The Morgan fingerprint density at radius 1 is 0.935 bits per heavy atom. The van der Waals surface area contributed by atoms with E-state index >= 15 is 0 Å². The second-order valence-electron chi connectivity index (χ2n) is 7.25. The van der Waals surface area contributed by atoms with Gasteiger partial charge in [-0.3, -0.25) is 14.2 Å². The Hall–Kier alpha value is -4.33. The van der Waals surface area contributed by atoms with Crippen molar-refractivity contribution in [1.29, 1.82) is 0 Å². The van der Waals surface area contributed by atoms with E-state index in [2.05, 4.69) is 25.4 Å². The maximum Gasteiger partial charge on any atom is 0.277 e. The number of rotatable bonds is 4. The zero-order valence-corrected chi connectivity index (χ0v) is 17.0. The van der Waals surface area contributed by atoms with Crippen LogP contribution in [-0.4, -0.2) is 35.0 Å². The zero-order chi connectivity index (χ0) is 21.4. The summed E-state index contributed by atoms with van der Waals surface area (Å²) in [4.78, 5) is 26.1. The monoisotopic (exact) mass is 409 g/mol. The third kappa shape index (κ3) is 3.44. The largest absolute Gasteiger partial charge is 0.305 e. The number of benzene rings is 1. The van der Waals surface area contributed by atoms with Crippen LogP contribution in [-0.2, 0) is 0 Å². The van der Waals surface area contributed by atoms with Crippen LogP contribution in [0.4, 0.5) is 5.82 Å². The number of nitrogens with one attached hydrogen (secondary N) is 1. The molecule has 0 unspecified atom stereocenters. The van der Waals surface area contributed by atoms with Gasteiger partial charge in [-0.25, -0.2) is 14.6 Å². The number of fused-ring (bicyclic) bond motifs is 1. The summed E-state index contributed by atoms with van der Waals surface area (Å²) in [6, 6.07) is 13.6. The van der Waals surface area contributed by atoms with E-state index in [4.69, 9.17) is 0 Å². The molecule has 1 aromatic carbocycles. The number of hydrogen-bond donors (Lipinski definition) is 1. The molecule has 0 aliphatic heterocycles. The van der Waals surface area contributed by atoms with Crippen molar-refractivity contribution in [3.8, 4) is 17.2 Å². The van der Waals surface area contributed by atoms with Gasteiger partial charge in [-0.15, -0.1) is 0 Å². The number of carbonyl (C=O) groups excluding carboxylic acids is 1. The molecule has 0 radical (unpaired) electrons. The van der Waals surface area contributed by atoms with Crippen LogP contribution in [0.5, 0.6) is 0 Å². The first-order valence-corrected chi connectivity index (χ1v) is 9.78. The average molecular weight is 409 g/mol. The smallest absolute Gasteiger partial charge is 0.277 e. The molecule has 8 heteroatoms. The molecule has 0 aliphatic rings. The Morgan fingerprint density at radius 2 is 1.74 bits per heavy atom. The highest BCUT2D eigenvalue weighted by Gasteiger charge is 2.21. The number of nitrogens with zero attached hydrogens (tertiary/aromatic N) is 6. The maximum atomic E-state index is 13.0. The predicted molar refractivity (Wildman–Crippen MR) is 117 cm³/mol. The van der Waals surface area contributed by atoms with Crippen molar-refractivity contribution in [3.05, 3.63) is 90.3 Å². The van der Waals surface area contributed by atoms with E-state index < -0.39 is 0 Å². The number of aryl methyl sites for hydroxylation is 2. The van der Waals surface area contributed by atoms with Crippen molar-refractivity contribution < 1.29 is 4.79 Å². The lowest BCUT2D eigenvalue weighted by Crippen LogP contribution is -2.14. The van der Waals surface area contributed by atoms with Crippen molar-refractivity contribution in [2.45, 2.75) is 13.8 Å². The SMILES string of the molecule is Cc1ccc(-n2nccc2-c2nc(C(=O)Nc3ccc(C)cn3)c3cnccn23)cc1. The molecule has 0 aliphatic carbocycles. The average Bonchev–Trinajstić information content (AvgIpc) is 3.41. The molecule has 0 saturated heterocycles. The molecule has 5 rings (SSSR count). The van der Waals surface area contributed by atoms with E-state index in [1.807, 2.05) is 54.6 Å². The van der Waals surface area contributed by atoms with E-state index in [1.54, 1.807) is 41.7 Å². The maximum absolute atomic E-state index is 13.0. The minimum atomic E-state index is -0.352. The third-order valence-corrected chi connectivity index (χ3v) is 4.97. The van der Waals surface area contributed by atoms with Crippen molar-refractivity contribution >= 4 is 17.2 Å². The standard InChI is InChI=1S/C23H19N7O/c1-15-3-6-17(7-4-15)30-18(9-10-26-30)22-28-21(19-14-24-11-12-29(19)22)23(31)27-20-8-5-16(2)13-25-20/h3-14H,1-2H3,(H,25,27,31). The second-order valence-corrected chi connectivity index (χ2v) is 7.25. The lowest BCUT2D eigenvalue weighted by molar-refractivity contribution is 0.102. The van der Waals surface area contributed by atoms with Gasteiger partial charge in [0.1, 0.15) is 11.5 Å². The molecule has 1 N–H and O–H groups in total. The number of pyridine rings is 1. The van der Waals surface area contributed by atoms with Gasteiger partial charge in [0, 0.05) is 18.6 Å². The van der Waals surface area contributed by atoms with Gasteiger partial charge in [0.25, 0.3) is 5.91 Å². The molecule has 8 nitrogen and oxygen atoms in total. The molecule has 5 aromatic rings. The first-order chi connectivity index (χ1) is 15.1. The number of hydrogen-bond acceptors (Lipinski definition) is 5. The summed E-state index contributed by atoms with van der Waals surface area (Å²) in [6.07, 6.45) is 8.49. The van der Waals surface area contributed by atoms with Crippen LogP contribution in [0.15, 0.2) is 73.4 Å². The summed E-state index contributed by atoms with van der Waals surface area (Å²) in [5.74, 6) is 0.707. The molecular weight excluding hydrogens is 390 g/mol. The molecule has 4 aromatic heterocycles. The number of anilines is 1. The van der Waals surface area contributed by atoms with Crippen LogP contribution in [0.25, 0.3) is 22.7 Å². The number of carbonyl (C=O) groups is 1. The predicted octanol–water partition coefficient (Wildman–Crippen LogP) is 3.85. The fraction of sp³-hybridized carbons (Fsp3) is 0.0870. The van der Waals surface area contributed by atoms with E-state index in [1.165, 1.54) is 5.56 Å². The summed E-state index contributed by atoms with van der Waals surface area (Å²) in [5, 5.41) is 7.28. The van der Waals surface area contributed by atoms with Crippen molar-refractivity contribution in [1.82, 2.24) is 29.1 Å². The minimum absolute atomic E-state index is 0.266.